The molecule has 1 N–H and O–H groups in total. The number of rotatable bonds is 6. The Morgan fingerprint density at radius 3 is 2.59 bits per heavy atom. The van der Waals surface area contributed by atoms with E-state index in [-0.39, 0.29) is 0 Å². The average Bonchev–Trinajstić information content (AvgIpc) is 2.87. The molecular weight excluding hydrogens is 434 g/mol. The molecule has 174 valence electrons. The van der Waals surface area contributed by atoms with Crippen molar-refractivity contribution in [3.8, 4) is 28.3 Å². The van der Waals surface area contributed by atoms with E-state index in [4.69, 9.17) is 9.72 Å². The van der Waals surface area contributed by atoms with Crippen LogP contribution in [-0.2, 0) is 0 Å². The van der Waals surface area contributed by atoms with Crippen molar-refractivity contribution in [2.24, 2.45) is 5.92 Å². The van der Waals surface area contributed by atoms with Gasteiger partial charge in [-0.25, -0.2) is 18.7 Å². The highest BCUT2D eigenvalue weighted by atomic mass is 19.1. The summed E-state index contributed by atoms with van der Waals surface area (Å²) in [6, 6.07) is 10.9. The zero-order chi connectivity index (χ0) is 23.5. The Kier molecular flexibility index (Phi) is 6.34. The molecule has 2 heterocycles. The Bertz CT molecular complexity index is 1310. The van der Waals surface area contributed by atoms with Gasteiger partial charge >= 0.3 is 0 Å². The van der Waals surface area contributed by atoms with Crippen LogP contribution in [0, 0.1) is 17.6 Å². The zero-order valence-electron chi connectivity index (χ0n) is 19.0. The maximum atomic E-state index is 14.7. The highest BCUT2D eigenvalue weighted by molar-refractivity contribution is 5.97. The summed E-state index contributed by atoms with van der Waals surface area (Å²) in [6.45, 7) is 0.575. The summed E-state index contributed by atoms with van der Waals surface area (Å²) in [4.78, 5) is 13.7. The Morgan fingerprint density at radius 1 is 1.00 bits per heavy atom. The summed E-state index contributed by atoms with van der Waals surface area (Å²) in [5.41, 5.74) is 2.30. The van der Waals surface area contributed by atoms with Crippen LogP contribution < -0.4 is 10.1 Å². The van der Waals surface area contributed by atoms with Crippen molar-refractivity contribution >= 4 is 16.7 Å². The normalized spacial score (nSPS) is 14.3. The van der Waals surface area contributed by atoms with Gasteiger partial charge in [-0.05, 0) is 60.7 Å². The summed E-state index contributed by atoms with van der Waals surface area (Å²) in [7, 11) is 1.78. The van der Waals surface area contributed by atoms with E-state index in [1.807, 2.05) is 18.2 Å². The molecule has 0 unspecified atom stereocenters. The summed E-state index contributed by atoms with van der Waals surface area (Å²) >= 11 is 0. The zero-order valence-corrected chi connectivity index (χ0v) is 19.0. The lowest BCUT2D eigenvalue weighted by molar-refractivity contribution is 0.210. The van der Waals surface area contributed by atoms with Gasteiger partial charge in [0.2, 0.25) is 0 Å². The fraction of sp³-hybridized carbons (Fsp3) is 0.296. The van der Waals surface area contributed by atoms with Crippen molar-refractivity contribution < 1.29 is 13.5 Å². The van der Waals surface area contributed by atoms with Gasteiger partial charge in [-0.1, -0.05) is 19.3 Å². The third-order valence-electron chi connectivity index (χ3n) is 6.36. The van der Waals surface area contributed by atoms with E-state index >= 15 is 0 Å². The smallest absolute Gasteiger partial charge is 0.163 e. The van der Waals surface area contributed by atoms with Crippen LogP contribution in [0.4, 0.5) is 14.6 Å². The minimum Gasteiger partial charge on any atom is -0.491 e. The van der Waals surface area contributed by atoms with Gasteiger partial charge in [0.1, 0.15) is 28.7 Å². The van der Waals surface area contributed by atoms with Crippen molar-refractivity contribution in [2.75, 3.05) is 19.0 Å². The summed E-state index contributed by atoms with van der Waals surface area (Å²) in [5, 5.41) is 3.84. The standard InChI is InChI=1S/C27H26F2N4O/c1-30-27-22-12-19(21-10-9-20(28)14-23(21)29)13-24(34-16-17-6-3-2-4-7-17)25(22)32-26(33-27)18-8-5-11-31-15-18/h5,8-15,17H,2-4,6-7,16H2,1H3,(H,30,32,33). The van der Waals surface area contributed by atoms with Crippen LogP contribution in [0.15, 0.2) is 54.9 Å². The van der Waals surface area contributed by atoms with Gasteiger partial charge in [-0.3, -0.25) is 4.98 Å². The topological polar surface area (TPSA) is 59.9 Å². The SMILES string of the molecule is CNc1nc(-c2cccnc2)nc2c(OCC3CCCCC3)cc(-c3ccc(F)cc3F)cc12. The van der Waals surface area contributed by atoms with E-state index in [0.717, 1.165) is 24.5 Å². The Balaban J connectivity index is 1.66. The van der Waals surface area contributed by atoms with Gasteiger partial charge in [-0.2, -0.15) is 0 Å². The summed E-state index contributed by atoms with van der Waals surface area (Å²) in [6.07, 6.45) is 9.40. The van der Waals surface area contributed by atoms with Gasteiger partial charge in [0.25, 0.3) is 0 Å². The lowest BCUT2D eigenvalue weighted by Gasteiger charge is -2.22. The monoisotopic (exact) mass is 460 g/mol. The van der Waals surface area contributed by atoms with Crippen LogP contribution in [0.1, 0.15) is 32.1 Å². The second kappa shape index (κ2) is 9.71. The quantitative estimate of drug-likeness (QED) is 0.350. The first-order valence-electron chi connectivity index (χ1n) is 11.6. The van der Waals surface area contributed by atoms with E-state index < -0.39 is 11.6 Å². The van der Waals surface area contributed by atoms with E-state index in [9.17, 15) is 8.78 Å². The maximum absolute atomic E-state index is 14.7. The molecule has 1 aliphatic carbocycles. The molecule has 0 aliphatic heterocycles. The lowest BCUT2D eigenvalue weighted by atomic mass is 9.90. The molecule has 5 nitrogen and oxygen atoms in total. The molecule has 0 amide bonds. The number of fused-ring (bicyclic) bond motifs is 1. The van der Waals surface area contributed by atoms with Gasteiger partial charge in [0, 0.05) is 42.0 Å². The number of aromatic nitrogens is 3. The molecule has 0 spiro atoms. The maximum Gasteiger partial charge on any atom is 0.163 e. The fourth-order valence-corrected chi connectivity index (χ4v) is 4.57. The van der Waals surface area contributed by atoms with Gasteiger partial charge in [-0.15, -0.1) is 0 Å². The number of anilines is 1. The van der Waals surface area contributed by atoms with E-state index in [2.05, 4.69) is 15.3 Å². The molecule has 34 heavy (non-hydrogen) atoms. The molecule has 7 heteroatoms. The number of hydrogen-bond donors (Lipinski definition) is 1. The van der Waals surface area contributed by atoms with Crippen molar-refractivity contribution in [1.82, 2.24) is 15.0 Å². The third kappa shape index (κ3) is 4.55. The largest absolute Gasteiger partial charge is 0.491 e. The number of pyridine rings is 1. The van der Waals surface area contributed by atoms with Crippen LogP contribution >= 0.6 is 0 Å². The van der Waals surface area contributed by atoms with Crippen LogP contribution in [0.5, 0.6) is 5.75 Å². The van der Waals surface area contributed by atoms with Crippen LogP contribution in [0.25, 0.3) is 33.4 Å². The molecule has 0 bridgehead atoms. The second-order valence-corrected chi connectivity index (χ2v) is 8.70. The molecular formula is C27H26F2N4O. The molecule has 1 saturated carbocycles. The number of nitrogens with one attached hydrogen (secondary N) is 1. The molecule has 5 rings (SSSR count). The van der Waals surface area contributed by atoms with Crippen LogP contribution in [-0.4, -0.2) is 28.6 Å². The second-order valence-electron chi connectivity index (χ2n) is 8.70. The molecule has 4 aromatic rings. The van der Waals surface area contributed by atoms with Gasteiger partial charge in [0.05, 0.1) is 6.61 Å². The highest BCUT2D eigenvalue weighted by Crippen LogP contribution is 2.37. The predicted molar refractivity (Wildman–Crippen MR) is 130 cm³/mol. The minimum atomic E-state index is -0.628. The number of benzene rings is 2. The summed E-state index contributed by atoms with van der Waals surface area (Å²) < 4.78 is 34.6. The Morgan fingerprint density at radius 2 is 1.85 bits per heavy atom. The van der Waals surface area contributed by atoms with E-state index in [0.29, 0.717) is 51.9 Å². The van der Waals surface area contributed by atoms with Gasteiger partial charge in [0.15, 0.2) is 5.82 Å². The molecule has 2 aromatic carbocycles. The molecule has 1 fully saturated rings. The number of hydrogen-bond acceptors (Lipinski definition) is 5. The van der Waals surface area contributed by atoms with E-state index in [1.54, 1.807) is 25.5 Å². The molecule has 0 radical (unpaired) electrons. The molecule has 0 saturated heterocycles. The first-order chi connectivity index (χ1) is 16.6. The Labute approximate surface area is 197 Å². The molecule has 2 aromatic heterocycles. The van der Waals surface area contributed by atoms with Crippen LogP contribution in [0.3, 0.4) is 0 Å². The third-order valence-corrected chi connectivity index (χ3v) is 6.36. The number of ether oxygens (including phenoxy) is 1. The average molecular weight is 461 g/mol. The Hall–Kier alpha value is -3.61. The predicted octanol–water partition coefficient (Wildman–Crippen LogP) is 6.64. The first-order valence-corrected chi connectivity index (χ1v) is 11.6. The van der Waals surface area contributed by atoms with Gasteiger partial charge < -0.3 is 10.1 Å². The fourth-order valence-electron chi connectivity index (χ4n) is 4.57. The van der Waals surface area contributed by atoms with Crippen molar-refractivity contribution in [2.45, 2.75) is 32.1 Å². The highest BCUT2D eigenvalue weighted by Gasteiger charge is 2.19. The summed E-state index contributed by atoms with van der Waals surface area (Å²) in [5.74, 6) is 0.917. The molecule has 1 aliphatic rings. The lowest BCUT2D eigenvalue weighted by Crippen LogP contribution is -2.15. The van der Waals surface area contributed by atoms with Crippen molar-refractivity contribution in [3.63, 3.8) is 0 Å². The number of nitrogens with zero attached hydrogens (tertiary/aromatic N) is 3. The van der Waals surface area contributed by atoms with Crippen molar-refractivity contribution in [3.05, 3.63) is 66.5 Å². The van der Waals surface area contributed by atoms with Crippen LogP contribution in [0.2, 0.25) is 0 Å². The molecule has 0 atom stereocenters. The number of halogens is 2. The van der Waals surface area contributed by atoms with E-state index in [1.165, 1.54) is 31.4 Å². The van der Waals surface area contributed by atoms with Crippen molar-refractivity contribution in [1.29, 1.82) is 0 Å². The minimum absolute atomic E-state index is 0.296. The first kappa shape index (κ1) is 22.2.